The maximum Gasteiger partial charge on any atom is 0.282 e. The lowest BCUT2D eigenvalue weighted by atomic mass is 10.3. The van der Waals surface area contributed by atoms with Gasteiger partial charge in [-0.3, -0.25) is 9.69 Å². The zero-order chi connectivity index (χ0) is 9.10. The van der Waals surface area contributed by atoms with Crippen molar-refractivity contribution >= 4 is 17.0 Å². The van der Waals surface area contributed by atoms with E-state index in [2.05, 4.69) is 17.1 Å². The van der Waals surface area contributed by atoms with Crippen LogP contribution in [-0.4, -0.2) is 47.1 Å². The molecule has 0 aromatic carbocycles. The molecule has 0 aliphatic carbocycles. The van der Waals surface area contributed by atoms with Gasteiger partial charge in [-0.2, -0.15) is 0 Å². The summed E-state index contributed by atoms with van der Waals surface area (Å²) >= 11 is 1.44. The van der Waals surface area contributed by atoms with E-state index in [4.69, 9.17) is 0 Å². The summed E-state index contributed by atoms with van der Waals surface area (Å²) in [6, 6.07) is 0. The highest BCUT2D eigenvalue weighted by molar-refractivity contribution is 8.13. The zero-order valence-electron chi connectivity index (χ0n) is 7.61. The van der Waals surface area contributed by atoms with E-state index in [0.717, 1.165) is 38.5 Å². The monoisotopic (exact) mass is 198 g/mol. The molecule has 0 spiro atoms. The van der Waals surface area contributed by atoms with Crippen LogP contribution in [0.3, 0.4) is 0 Å². The van der Waals surface area contributed by atoms with Gasteiger partial charge in [-0.15, -0.1) is 0 Å². The van der Waals surface area contributed by atoms with Crippen LogP contribution in [0.5, 0.6) is 0 Å². The van der Waals surface area contributed by atoms with Gasteiger partial charge < -0.3 is 4.90 Å². The summed E-state index contributed by atoms with van der Waals surface area (Å²) in [5.41, 5.74) is 0. The SMILES string of the molecule is O=C1SCCN1CN1CC=CCC1. The summed E-state index contributed by atoms with van der Waals surface area (Å²) in [6.45, 7) is 3.82. The van der Waals surface area contributed by atoms with E-state index in [0.29, 0.717) is 0 Å². The topological polar surface area (TPSA) is 23.6 Å². The normalized spacial score (nSPS) is 24.3. The Morgan fingerprint density at radius 2 is 2.31 bits per heavy atom. The van der Waals surface area contributed by atoms with Crippen molar-refractivity contribution in [1.82, 2.24) is 9.80 Å². The van der Waals surface area contributed by atoms with Gasteiger partial charge in [0, 0.05) is 25.4 Å². The maximum absolute atomic E-state index is 11.3. The molecule has 3 nitrogen and oxygen atoms in total. The molecular formula is C9H14N2OS. The van der Waals surface area contributed by atoms with Crippen molar-refractivity contribution in [3.05, 3.63) is 12.2 Å². The number of rotatable bonds is 2. The van der Waals surface area contributed by atoms with E-state index < -0.39 is 0 Å². The summed E-state index contributed by atoms with van der Waals surface area (Å²) in [5.74, 6) is 0.961. The molecule has 0 bridgehead atoms. The van der Waals surface area contributed by atoms with Gasteiger partial charge in [-0.05, 0) is 6.42 Å². The van der Waals surface area contributed by atoms with Crippen LogP contribution >= 0.6 is 11.8 Å². The zero-order valence-corrected chi connectivity index (χ0v) is 8.42. The Kier molecular flexibility index (Phi) is 2.90. The second-order valence-corrected chi connectivity index (χ2v) is 4.40. The predicted molar refractivity (Wildman–Crippen MR) is 54.8 cm³/mol. The molecule has 4 heteroatoms. The summed E-state index contributed by atoms with van der Waals surface area (Å²) in [7, 11) is 0. The Morgan fingerprint density at radius 3 is 2.92 bits per heavy atom. The third-order valence-corrected chi connectivity index (χ3v) is 3.25. The fourth-order valence-electron chi connectivity index (χ4n) is 1.61. The van der Waals surface area contributed by atoms with E-state index >= 15 is 0 Å². The molecule has 13 heavy (non-hydrogen) atoms. The Morgan fingerprint density at radius 1 is 1.38 bits per heavy atom. The molecule has 1 amide bonds. The molecule has 0 radical (unpaired) electrons. The largest absolute Gasteiger partial charge is 0.320 e. The highest BCUT2D eigenvalue weighted by Gasteiger charge is 2.22. The minimum absolute atomic E-state index is 0.245. The summed E-state index contributed by atoms with van der Waals surface area (Å²) in [6.07, 6.45) is 5.50. The molecule has 0 N–H and O–H groups in total. The highest BCUT2D eigenvalue weighted by Crippen LogP contribution is 2.17. The predicted octanol–water partition coefficient (Wildman–Crippen LogP) is 1.37. The molecule has 2 heterocycles. The van der Waals surface area contributed by atoms with Crippen molar-refractivity contribution < 1.29 is 4.79 Å². The molecule has 1 saturated heterocycles. The van der Waals surface area contributed by atoms with E-state index in [1.165, 1.54) is 11.8 Å². The molecule has 72 valence electrons. The number of carbonyl (C=O) groups excluding carboxylic acids is 1. The number of carbonyl (C=O) groups is 1. The molecule has 2 aliphatic rings. The standard InChI is InChI=1S/C9H14N2OS/c12-9-11(6-7-13-9)8-10-4-2-1-3-5-10/h1-2H,3-8H2. The molecule has 0 aromatic rings. The number of thioether (sulfide) groups is 1. The number of nitrogens with zero attached hydrogens (tertiary/aromatic N) is 2. The van der Waals surface area contributed by atoms with Gasteiger partial charge in [0.05, 0.1) is 6.67 Å². The number of amides is 1. The number of hydrogen-bond acceptors (Lipinski definition) is 3. The van der Waals surface area contributed by atoms with E-state index in [9.17, 15) is 4.79 Å². The van der Waals surface area contributed by atoms with Gasteiger partial charge >= 0.3 is 0 Å². The minimum atomic E-state index is 0.245. The maximum atomic E-state index is 11.3. The Labute approximate surface area is 82.8 Å². The van der Waals surface area contributed by atoms with E-state index in [1.54, 1.807) is 0 Å². The molecule has 2 aliphatic heterocycles. The lowest BCUT2D eigenvalue weighted by Gasteiger charge is -2.27. The fourth-order valence-corrected chi connectivity index (χ4v) is 2.43. The molecular weight excluding hydrogens is 184 g/mol. The Bertz CT molecular complexity index is 230. The van der Waals surface area contributed by atoms with Gasteiger partial charge in [0.15, 0.2) is 0 Å². The van der Waals surface area contributed by atoms with Crippen LogP contribution in [0.15, 0.2) is 12.2 Å². The lowest BCUT2D eigenvalue weighted by Crippen LogP contribution is -2.39. The van der Waals surface area contributed by atoms with Crippen LogP contribution in [0.1, 0.15) is 6.42 Å². The Balaban J connectivity index is 1.83. The van der Waals surface area contributed by atoms with Crippen molar-refractivity contribution in [2.24, 2.45) is 0 Å². The fraction of sp³-hybridized carbons (Fsp3) is 0.667. The Hall–Kier alpha value is -0.480. The summed E-state index contributed by atoms with van der Waals surface area (Å²) in [4.78, 5) is 15.5. The quantitative estimate of drug-likeness (QED) is 0.626. The van der Waals surface area contributed by atoms with Gasteiger partial charge in [0.1, 0.15) is 0 Å². The molecule has 2 rings (SSSR count). The summed E-state index contributed by atoms with van der Waals surface area (Å²) < 4.78 is 0. The van der Waals surface area contributed by atoms with Crippen LogP contribution in [-0.2, 0) is 0 Å². The minimum Gasteiger partial charge on any atom is -0.320 e. The average Bonchev–Trinajstić information content (AvgIpc) is 2.54. The van der Waals surface area contributed by atoms with Crippen molar-refractivity contribution in [1.29, 1.82) is 0 Å². The molecule has 0 aromatic heterocycles. The van der Waals surface area contributed by atoms with Crippen LogP contribution in [0, 0.1) is 0 Å². The van der Waals surface area contributed by atoms with Crippen LogP contribution < -0.4 is 0 Å². The highest BCUT2D eigenvalue weighted by atomic mass is 32.2. The van der Waals surface area contributed by atoms with Gasteiger partial charge in [-0.25, -0.2) is 0 Å². The first kappa shape index (κ1) is 9.09. The first-order chi connectivity index (χ1) is 6.36. The second kappa shape index (κ2) is 4.15. The molecule has 0 unspecified atom stereocenters. The van der Waals surface area contributed by atoms with Gasteiger partial charge in [0.25, 0.3) is 5.24 Å². The van der Waals surface area contributed by atoms with Crippen molar-refractivity contribution in [2.45, 2.75) is 6.42 Å². The van der Waals surface area contributed by atoms with E-state index in [1.807, 2.05) is 4.90 Å². The van der Waals surface area contributed by atoms with E-state index in [-0.39, 0.29) is 5.24 Å². The molecule has 0 saturated carbocycles. The first-order valence-electron chi connectivity index (χ1n) is 4.65. The lowest BCUT2D eigenvalue weighted by molar-refractivity contribution is 0.170. The van der Waals surface area contributed by atoms with Crippen LogP contribution in [0.2, 0.25) is 0 Å². The van der Waals surface area contributed by atoms with Crippen molar-refractivity contribution in [2.75, 3.05) is 32.1 Å². The van der Waals surface area contributed by atoms with Crippen LogP contribution in [0.4, 0.5) is 4.79 Å². The molecule has 1 fully saturated rings. The third kappa shape index (κ3) is 2.25. The average molecular weight is 198 g/mol. The van der Waals surface area contributed by atoms with Crippen LogP contribution in [0.25, 0.3) is 0 Å². The van der Waals surface area contributed by atoms with Crippen molar-refractivity contribution in [3.8, 4) is 0 Å². The van der Waals surface area contributed by atoms with Gasteiger partial charge in [-0.1, -0.05) is 23.9 Å². The summed E-state index contributed by atoms with van der Waals surface area (Å²) in [5, 5.41) is 0.245. The first-order valence-corrected chi connectivity index (χ1v) is 5.64. The van der Waals surface area contributed by atoms with Crippen molar-refractivity contribution in [3.63, 3.8) is 0 Å². The second-order valence-electron chi connectivity index (χ2n) is 3.36. The number of hydrogen-bond donors (Lipinski definition) is 0. The smallest absolute Gasteiger partial charge is 0.282 e. The third-order valence-electron chi connectivity index (χ3n) is 2.36. The molecule has 0 atom stereocenters. The van der Waals surface area contributed by atoms with Gasteiger partial charge in [0.2, 0.25) is 0 Å².